The molecule has 0 aliphatic carbocycles. The zero-order valence-corrected chi connectivity index (χ0v) is 20.7. The van der Waals surface area contributed by atoms with E-state index in [1.807, 2.05) is 19.3 Å². The number of piperidine rings is 1. The van der Waals surface area contributed by atoms with E-state index in [-0.39, 0.29) is 6.03 Å². The lowest BCUT2D eigenvalue weighted by Crippen LogP contribution is -2.33. The van der Waals surface area contributed by atoms with Crippen molar-refractivity contribution in [3.63, 3.8) is 0 Å². The van der Waals surface area contributed by atoms with Crippen LogP contribution in [-0.4, -0.2) is 53.8 Å². The molecule has 2 N–H and O–H groups in total. The van der Waals surface area contributed by atoms with Crippen molar-refractivity contribution in [2.45, 2.75) is 45.4 Å². The first kappa shape index (κ1) is 23.0. The van der Waals surface area contributed by atoms with Gasteiger partial charge in [0, 0.05) is 50.8 Å². The largest absolute Gasteiger partial charge is 0.381 e. The molecule has 0 bridgehead atoms. The molecular weight excluding hydrogens is 448 g/mol. The average molecular weight is 481 g/mol. The topological polar surface area (TPSA) is 92.3 Å². The van der Waals surface area contributed by atoms with Crippen molar-refractivity contribution in [1.82, 2.24) is 20.3 Å². The predicted molar refractivity (Wildman–Crippen MR) is 137 cm³/mol. The number of aromatic nitrogens is 3. The quantitative estimate of drug-likeness (QED) is 0.532. The molecule has 3 aromatic rings. The Morgan fingerprint density at radius 1 is 1.12 bits per heavy atom. The summed E-state index contributed by atoms with van der Waals surface area (Å²) in [6.45, 7) is 8.34. The Bertz CT molecular complexity index is 1130. The van der Waals surface area contributed by atoms with Gasteiger partial charge < -0.3 is 15.0 Å². The Kier molecular flexibility index (Phi) is 6.92. The van der Waals surface area contributed by atoms with Gasteiger partial charge in [0.15, 0.2) is 5.13 Å². The molecule has 0 spiro atoms. The van der Waals surface area contributed by atoms with E-state index in [9.17, 15) is 4.79 Å². The van der Waals surface area contributed by atoms with E-state index in [1.165, 1.54) is 29.7 Å². The summed E-state index contributed by atoms with van der Waals surface area (Å²) in [5, 5.41) is 6.25. The van der Waals surface area contributed by atoms with Crippen molar-refractivity contribution in [1.29, 1.82) is 0 Å². The van der Waals surface area contributed by atoms with E-state index < -0.39 is 0 Å². The van der Waals surface area contributed by atoms with Crippen LogP contribution in [-0.2, 0) is 4.74 Å². The number of hydrogen-bond acceptors (Lipinski definition) is 7. The third-order valence-corrected chi connectivity index (χ3v) is 7.81. The fraction of sp³-hybridized carbons (Fsp3) is 0.520. The maximum atomic E-state index is 12.1. The standard InChI is InChI=1S/C25H32N6O2S/c1-3-26-24(32)30-25-29-21-13-18(12-20(22(21)34-25)17-6-10-33-11-7-17)19-14-27-23(28-15-19)31-8-4-16(2)5-9-31/h12-17H,3-11H2,1-2H3,(H2,26,29,30,32). The smallest absolute Gasteiger partial charge is 0.321 e. The summed E-state index contributed by atoms with van der Waals surface area (Å²) in [5.41, 5.74) is 4.20. The van der Waals surface area contributed by atoms with Crippen molar-refractivity contribution in [2.75, 3.05) is 43.1 Å². The summed E-state index contributed by atoms with van der Waals surface area (Å²) in [4.78, 5) is 28.5. The average Bonchev–Trinajstić information content (AvgIpc) is 3.27. The molecule has 0 radical (unpaired) electrons. The van der Waals surface area contributed by atoms with E-state index in [4.69, 9.17) is 19.7 Å². The number of hydrogen-bond donors (Lipinski definition) is 2. The number of carbonyl (C=O) groups is 1. The second-order valence-electron chi connectivity index (χ2n) is 9.25. The van der Waals surface area contributed by atoms with E-state index in [1.54, 1.807) is 0 Å². The van der Waals surface area contributed by atoms with Crippen LogP contribution in [0.4, 0.5) is 15.9 Å². The molecule has 2 saturated heterocycles. The summed E-state index contributed by atoms with van der Waals surface area (Å²) in [6.07, 6.45) is 8.20. The minimum Gasteiger partial charge on any atom is -0.381 e. The van der Waals surface area contributed by atoms with Gasteiger partial charge in [0.2, 0.25) is 5.95 Å². The highest BCUT2D eigenvalue weighted by atomic mass is 32.1. The first-order valence-electron chi connectivity index (χ1n) is 12.2. The van der Waals surface area contributed by atoms with Gasteiger partial charge >= 0.3 is 6.03 Å². The molecule has 34 heavy (non-hydrogen) atoms. The van der Waals surface area contributed by atoms with Crippen LogP contribution in [0.25, 0.3) is 21.3 Å². The molecule has 8 nitrogen and oxygen atoms in total. The predicted octanol–water partition coefficient (Wildman–Crippen LogP) is 5.03. The highest BCUT2D eigenvalue weighted by Crippen LogP contribution is 2.40. The van der Waals surface area contributed by atoms with E-state index in [0.717, 1.165) is 72.4 Å². The van der Waals surface area contributed by atoms with Crippen LogP contribution in [0.15, 0.2) is 24.5 Å². The lowest BCUT2D eigenvalue weighted by Gasteiger charge is -2.30. The number of amides is 2. The van der Waals surface area contributed by atoms with Gasteiger partial charge in [0.1, 0.15) is 0 Å². The highest BCUT2D eigenvalue weighted by molar-refractivity contribution is 7.22. The van der Waals surface area contributed by atoms with Gasteiger partial charge in [-0.05, 0) is 67.7 Å². The third kappa shape index (κ3) is 5.00. The molecule has 1 aromatic carbocycles. The molecule has 2 aliphatic rings. The summed E-state index contributed by atoms with van der Waals surface area (Å²) in [5.74, 6) is 1.99. The van der Waals surface area contributed by atoms with Gasteiger partial charge in [0.05, 0.1) is 10.2 Å². The van der Waals surface area contributed by atoms with Crippen LogP contribution in [0.2, 0.25) is 0 Å². The Balaban J connectivity index is 1.47. The van der Waals surface area contributed by atoms with Crippen LogP contribution in [0.3, 0.4) is 0 Å². The van der Waals surface area contributed by atoms with Crippen molar-refractivity contribution in [3.8, 4) is 11.1 Å². The Morgan fingerprint density at radius 2 is 1.85 bits per heavy atom. The number of nitrogens with zero attached hydrogens (tertiary/aromatic N) is 4. The first-order chi connectivity index (χ1) is 16.6. The summed E-state index contributed by atoms with van der Waals surface area (Å²) in [7, 11) is 0. The molecule has 2 aliphatic heterocycles. The van der Waals surface area contributed by atoms with Crippen LogP contribution in [0.5, 0.6) is 0 Å². The normalized spacial score (nSPS) is 17.8. The zero-order chi connectivity index (χ0) is 23.5. The SMILES string of the molecule is CCNC(=O)Nc1nc2cc(-c3cnc(N4CCC(C)CC4)nc3)cc(C3CCOCC3)c2s1. The Morgan fingerprint density at radius 3 is 2.56 bits per heavy atom. The molecule has 0 saturated carbocycles. The van der Waals surface area contributed by atoms with Gasteiger partial charge in [-0.1, -0.05) is 18.3 Å². The van der Waals surface area contributed by atoms with Gasteiger partial charge in [-0.3, -0.25) is 5.32 Å². The number of ether oxygens (including phenoxy) is 1. The molecule has 2 amide bonds. The van der Waals surface area contributed by atoms with Crippen LogP contribution in [0.1, 0.15) is 51.0 Å². The zero-order valence-electron chi connectivity index (χ0n) is 19.8. The van der Waals surface area contributed by atoms with Crippen LogP contribution >= 0.6 is 11.3 Å². The summed E-state index contributed by atoms with van der Waals surface area (Å²) >= 11 is 1.54. The van der Waals surface area contributed by atoms with Crippen molar-refractivity contribution in [3.05, 3.63) is 30.1 Å². The van der Waals surface area contributed by atoms with Crippen molar-refractivity contribution >= 4 is 38.7 Å². The minimum atomic E-state index is -0.231. The van der Waals surface area contributed by atoms with Crippen molar-refractivity contribution < 1.29 is 9.53 Å². The number of anilines is 2. The number of benzene rings is 1. The van der Waals surface area contributed by atoms with Crippen LogP contribution in [0, 0.1) is 5.92 Å². The number of fused-ring (bicyclic) bond motifs is 1. The van der Waals surface area contributed by atoms with E-state index in [2.05, 4.69) is 34.6 Å². The number of carbonyl (C=O) groups excluding carboxylic acids is 1. The minimum absolute atomic E-state index is 0.231. The first-order valence-corrected chi connectivity index (χ1v) is 13.1. The summed E-state index contributed by atoms with van der Waals surface area (Å²) in [6, 6.07) is 4.11. The maximum Gasteiger partial charge on any atom is 0.321 e. The second kappa shape index (κ2) is 10.2. The number of urea groups is 1. The third-order valence-electron chi connectivity index (χ3n) is 6.78. The Labute approximate surface area is 204 Å². The molecule has 4 heterocycles. The van der Waals surface area contributed by atoms with Gasteiger partial charge in [-0.15, -0.1) is 0 Å². The number of nitrogens with one attached hydrogen (secondary N) is 2. The molecule has 5 rings (SSSR count). The second-order valence-corrected chi connectivity index (χ2v) is 10.2. The number of thiazole rings is 1. The van der Waals surface area contributed by atoms with Gasteiger partial charge in [-0.25, -0.2) is 19.7 Å². The lowest BCUT2D eigenvalue weighted by molar-refractivity contribution is 0.0856. The molecule has 9 heteroatoms. The molecule has 2 aromatic heterocycles. The molecule has 0 unspecified atom stereocenters. The van der Waals surface area contributed by atoms with E-state index >= 15 is 0 Å². The van der Waals surface area contributed by atoms with E-state index in [0.29, 0.717) is 17.6 Å². The van der Waals surface area contributed by atoms with Gasteiger partial charge in [-0.2, -0.15) is 0 Å². The highest BCUT2D eigenvalue weighted by Gasteiger charge is 2.23. The van der Waals surface area contributed by atoms with Crippen LogP contribution < -0.4 is 15.5 Å². The van der Waals surface area contributed by atoms with Crippen molar-refractivity contribution in [2.24, 2.45) is 5.92 Å². The van der Waals surface area contributed by atoms with Gasteiger partial charge in [0.25, 0.3) is 0 Å². The molecular formula is C25H32N6O2S. The lowest BCUT2D eigenvalue weighted by atomic mass is 9.89. The molecule has 0 atom stereocenters. The molecule has 2 fully saturated rings. The maximum absolute atomic E-state index is 12.1. The Hall–Kier alpha value is -2.78. The fourth-order valence-electron chi connectivity index (χ4n) is 4.73. The monoisotopic (exact) mass is 480 g/mol. The molecule has 180 valence electrons. The summed E-state index contributed by atoms with van der Waals surface area (Å²) < 4.78 is 6.74. The number of rotatable bonds is 5. The fourth-order valence-corrected chi connectivity index (χ4v) is 5.77.